The van der Waals surface area contributed by atoms with E-state index in [0.717, 1.165) is 66.3 Å². The normalized spacial score (nSPS) is 16.7. The Hall–Kier alpha value is -3.78. The van der Waals surface area contributed by atoms with Gasteiger partial charge in [0.2, 0.25) is 5.91 Å². The van der Waals surface area contributed by atoms with E-state index < -0.39 is 0 Å². The minimum atomic E-state index is -0.296. The van der Waals surface area contributed by atoms with Gasteiger partial charge in [0, 0.05) is 63.7 Å². The lowest BCUT2D eigenvalue weighted by atomic mass is 10.0. The SMILES string of the molecule is C=CN=C(CC1(OC)CC1)N1CCN(C(=O)CCCc2cc(-c3ccc(F)cc3)[nH]c2-c2ccc(F)cc2)CC1. The smallest absolute Gasteiger partial charge is 0.222 e. The molecule has 210 valence electrons. The number of ether oxygens (including phenoxy) is 1. The highest BCUT2D eigenvalue weighted by Gasteiger charge is 2.45. The molecule has 2 aromatic carbocycles. The van der Waals surface area contributed by atoms with E-state index in [1.807, 2.05) is 11.0 Å². The Kier molecular flexibility index (Phi) is 8.45. The highest BCUT2D eigenvalue weighted by atomic mass is 19.1. The zero-order valence-corrected chi connectivity index (χ0v) is 23.0. The van der Waals surface area contributed by atoms with E-state index in [4.69, 9.17) is 4.74 Å². The molecule has 1 saturated carbocycles. The van der Waals surface area contributed by atoms with Crippen molar-refractivity contribution < 1.29 is 18.3 Å². The second-order valence-corrected chi connectivity index (χ2v) is 10.6. The molecule has 1 saturated heterocycles. The fourth-order valence-corrected chi connectivity index (χ4v) is 5.38. The van der Waals surface area contributed by atoms with Gasteiger partial charge in [-0.2, -0.15) is 0 Å². The van der Waals surface area contributed by atoms with Crippen molar-refractivity contribution in [1.29, 1.82) is 0 Å². The lowest BCUT2D eigenvalue weighted by Gasteiger charge is -2.37. The molecule has 1 aromatic heterocycles. The molecule has 0 unspecified atom stereocenters. The number of nitrogens with zero attached hydrogens (tertiary/aromatic N) is 3. The minimum absolute atomic E-state index is 0.0869. The number of amides is 1. The molecular formula is C32H36F2N4O2. The summed E-state index contributed by atoms with van der Waals surface area (Å²) in [5.74, 6) is 0.545. The topological polar surface area (TPSA) is 60.9 Å². The number of hydrogen-bond donors (Lipinski definition) is 1. The monoisotopic (exact) mass is 546 g/mol. The number of hydrogen-bond acceptors (Lipinski definition) is 3. The summed E-state index contributed by atoms with van der Waals surface area (Å²) in [7, 11) is 1.76. The van der Waals surface area contributed by atoms with Crippen LogP contribution in [0.4, 0.5) is 8.78 Å². The van der Waals surface area contributed by atoms with Crippen molar-refractivity contribution in [2.24, 2.45) is 4.99 Å². The van der Waals surface area contributed by atoms with Crippen LogP contribution in [0.5, 0.6) is 0 Å². The summed E-state index contributed by atoms with van der Waals surface area (Å²) in [6, 6.07) is 14.7. The first-order valence-electron chi connectivity index (χ1n) is 13.9. The summed E-state index contributed by atoms with van der Waals surface area (Å²) in [4.78, 5) is 25.2. The van der Waals surface area contributed by atoms with Crippen molar-refractivity contribution in [3.63, 3.8) is 0 Å². The number of halogens is 2. The molecule has 0 atom stereocenters. The van der Waals surface area contributed by atoms with Gasteiger partial charge in [-0.3, -0.25) is 4.79 Å². The Morgan fingerprint density at radius 2 is 1.60 bits per heavy atom. The van der Waals surface area contributed by atoms with Gasteiger partial charge in [-0.15, -0.1) is 0 Å². The van der Waals surface area contributed by atoms with Crippen molar-refractivity contribution in [2.75, 3.05) is 33.3 Å². The Morgan fingerprint density at radius 1 is 1.00 bits per heavy atom. The highest BCUT2D eigenvalue weighted by molar-refractivity contribution is 5.85. The van der Waals surface area contributed by atoms with Crippen LogP contribution in [-0.4, -0.2) is 65.4 Å². The number of rotatable bonds is 10. The zero-order valence-electron chi connectivity index (χ0n) is 23.0. The maximum atomic E-state index is 13.6. The molecule has 2 heterocycles. The lowest BCUT2D eigenvalue weighted by Crippen LogP contribution is -2.51. The maximum absolute atomic E-state index is 13.6. The Morgan fingerprint density at radius 3 is 2.17 bits per heavy atom. The van der Waals surface area contributed by atoms with Crippen LogP contribution in [0.25, 0.3) is 22.5 Å². The lowest BCUT2D eigenvalue weighted by molar-refractivity contribution is -0.132. The number of carbonyl (C=O) groups is 1. The Balaban J connectivity index is 1.19. The van der Waals surface area contributed by atoms with E-state index in [2.05, 4.69) is 21.5 Å². The Bertz CT molecular complexity index is 1350. The van der Waals surface area contributed by atoms with Crippen molar-refractivity contribution in [3.8, 4) is 22.5 Å². The minimum Gasteiger partial charge on any atom is -0.378 e. The molecule has 1 amide bonds. The largest absolute Gasteiger partial charge is 0.378 e. The summed E-state index contributed by atoms with van der Waals surface area (Å²) in [5.41, 5.74) is 4.43. The van der Waals surface area contributed by atoms with Crippen LogP contribution in [0.1, 0.15) is 37.7 Å². The first-order valence-corrected chi connectivity index (χ1v) is 13.9. The third kappa shape index (κ3) is 6.50. The number of aliphatic imine (C=N–C) groups is 1. The van der Waals surface area contributed by atoms with E-state index in [9.17, 15) is 13.6 Å². The van der Waals surface area contributed by atoms with Crippen LogP contribution in [0.3, 0.4) is 0 Å². The number of H-pyrrole nitrogens is 1. The average molecular weight is 547 g/mol. The van der Waals surface area contributed by atoms with Gasteiger partial charge in [-0.1, -0.05) is 6.58 Å². The number of amidine groups is 1. The standard InChI is InChI=1S/C32H36F2N4O2/c1-3-35-29(22-32(40-2)15-16-32)37-17-19-38(20-18-37)30(39)6-4-5-25-21-28(23-7-11-26(33)12-8-23)36-31(25)24-9-13-27(34)14-10-24/h3,7-14,21,36H,1,4-6,15-20,22H2,2H3. The maximum Gasteiger partial charge on any atom is 0.222 e. The van der Waals surface area contributed by atoms with Gasteiger partial charge in [-0.05, 0) is 97.0 Å². The van der Waals surface area contributed by atoms with Gasteiger partial charge in [0.15, 0.2) is 0 Å². The van der Waals surface area contributed by atoms with Crippen LogP contribution in [-0.2, 0) is 16.0 Å². The molecular weight excluding hydrogens is 510 g/mol. The zero-order chi connectivity index (χ0) is 28.1. The van der Waals surface area contributed by atoms with Gasteiger partial charge in [0.25, 0.3) is 0 Å². The molecule has 3 aromatic rings. The van der Waals surface area contributed by atoms with Gasteiger partial charge in [0.1, 0.15) is 17.5 Å². The van der Waals surface area contributed by atoms with Crippen molar-refractivity contribution in [2.45, 2.75) is 44.1 Å². The number of aryl methyl sites for hydroxylation is 1. The third-order valence-corrected chi connectivity index (χ3v) is 7.98. The molecule has 0 spiro atoms. The van der Waals surface area contributed by atoms with Gasteiger partial charge < -0.3 is 19.5 Å². The first-order chi connectivity index (χ1) is 19.4. The van der Waals surface area contributed by atoms with Crippen LogP contribution >= 0.6 is 0 Å². The van der Waals surface area contributed by atoms with E-state index in [1.165, 1.54) is 24.3 Å². The van der Waals surface area contributed by atoms with Gasteiger partial charge in [0.05, 0.1) is 5.60 Å². The number of carbonyl (C=O) groups excluding carboxylic acids is 1. The molecule has 2 fully saturated rings. The number of methoxy groups -OCH3 is 1. The number of benzene rings is 2. The summed E-state index contributed by atoms with van der Waals surface area (Å²) in [5, 5.41) is 0. The summed E-state index contributed by atoms with van der Waals surface area (Å²) >= 11 is 0. The van der Waals surface area contributed by atoms with E-state index in [0.29, 0.717) is 32.4 Å². The van der Waals surface area contributed by atoms with Crippen LogP contribution in [0.15, 0.2) is 72.4 Å². The molecule has 40 heavy (non-hydrogen) atoms. The molecule has 1 aliphatic heterocycles. The fraction of sp³-hybridized carbons (Fsp3) is 0.375. The summed E-state index contributed by atoms with van der Waals surface area (Å²) in [6.45, 7) is 6.58. The second kappa shape index (κ2) is 12.2. The predicted molar refractivity (Wildman–Crippen MR) is 154 cm³/mol. The predicted octanol–water partition coefficient (Wildman–Crippen LogP) is 6.20. The Labute approximate surface area is 234 Å². The number of piperazine rings is 1. The fourth-order valence-electron chi connectivity index (χ4n) is 5.38. The van der Waals surface area contributed by atoms with Crippen molar-refractivity contribution >= 4 is 11.7 Å². The van der Waals surface area contributed by atoms with Crippen LogP contribution in [0.2, 0.25) is 0 Å². The van der Waals surface area contributed by atoms with Gasteiger partial charge >= 0.3 is 0 Å². The van der Waals surface area contributed by atoms with Crippen LogP contribution < -0.4 is 0 Å². The molecule has 0 bridgehead atoms. The molecule has 5 rings (SSSR count). The molecule has 1 aliphatic carbocycles. The molecule has 8 heteroatoms. The first kappa shape index (κ1) is 27.8. The quantitative estimate of drug-likeness (QED) is 0.243. The summed E-state index contributed by atoms with van der Waals surface area (Å²) in [6.07, 6.45) is 6.28. The van der Waals surface area contributed by atoms with Crippen molar-refractivity contribution in [3.05, 3.63) is 84.6 Å². The van der Waals surface area contributed by atoms with E-state index in [1.54, 1.807) is 37.6 Å². The number of aromatic amines is 1. The summed E-state index contributed by atoms with van der Waals surface area (Å²) < 4.78 is 32.7. The van der Waals surface area contributed by atoms with E-state index in [-0.39, 0.29) is 23.1 Å². The van der Waals surface area contributed by atoms with Gasteiger partial charge in [-0.25, -0.2) is 13.8 Å². The number of aromatic nitrogens is 1. The highest BCUT2D eigenvalue weighted by Crippen LogP contribution is 2.42. The second-order valence-electron chi connectivity index (χ2n) is 10.6. The van der Waals surface area contributed by atoms with Crippen molar-refractivity contribution in [1.82, 2.24) is 14.8 Å². The van der Waals surface area contributed by atoms with Crippen LogP contribution in [0, 0.1) is 11.6 Å². The molecule has 0 radical (unpaired) electrons. The molecule has 1 N–H and O–H groups in total. The molecule has 6 nitrogen and oxygen atoms in total. The number of nitrogens with one attached hydrogen (secondary N) is 1. The van der Waals surface area contributed by atoms with E-state index >= 15 is 0 Å². The third-order valence-electron chi connectivity index (χ3n) is 7.98. The average Bonchev–Trinajstić information content (AvgIpc) is 3.63. The molecule has 2 aliphatic rings.